The predicted molar refractivity (Wildman–Crippen MR) is 64.0 cm³/mol. The predicted octanol–water partition coefficient (Wildman–Crippen LogP) is 4.84. The van der Waals surface area contributed by atoms with E-state index < -0.39 is 17.6 Å². The van der Waals surface area contributed by atoms with Gasteiger partial charge in [0.25, 0.3) is 0 Å². The van der Waals surface area contributed by atoms with Gasteiger partial charge in [0.1, 0.15) is 5.82 Å². The minimum Gasteiger partial charge on any atom is -0.383 e. The topological polar surface area (TPSA) is 12.0 Å². The zero-order valence-corrected chi connectivity index (χ0v) is 10.3. The highest BCUT2D eigenvalue weighted by atomic mass is 19.4. The van der Waals surface area contributed by atoms with E-state index >= 15 is 0 Å². The molecule has 0 radical (unpaired) electrons. The lowest BCUT2D eigenvalue weighted by molar-refractivity contribution is -0.137. The summed E-state index contributed by atoms with van der Waals surface area (Å²) >= 11 is 0. The fourth-order valence-corrected chi connectivity index (χ4v) is 1.61. The summed E-state index contributed by atoms with van der Waals surface area (Å²) in [5.74, 6) is -0.861. The standard InChI is InChI=1S/C13H17F4N/c1-2-3-4-5-8-18-12-7-6-10(9-11(12)14)13(15,16)17/h6-7,9,18H,2-5,8H2,1H3. The average molecular weight is 263 g/mol. The van der Waals surface area contributed by atoms with E-state index in [0.29, 0.717) is 12.6 Å². The first-order valence-electron chi connectivity index (χ1n) is 6.05. The van der Waals surface area contributed by atoms with Crippen LogP contribution >= 0.6 is 0 Å². The van der Waals surface area contributed by atoms with Crippen LogP contribution in [0.15, 0.2) is 18.2 Å². The molecule has 0 aromatic heterocycles. The molecule has 0 amide bonds. The first kappa shape index (κ1) is 14.8. The Labute approximate surface area is 104 Å². The highest BCUT2D eigenvalue weighted by Gasteiger charge is 2.31. The molecule has 1 rings (SSSR count). The zero-order valence-electron chi connectivity index (χ0n) is 10.3. The summed E-state index contributed by atoms with van der Waals surface area (Å²) in [7, 11) is 0. The van der Waals surface area contributed by atoms with Crippen molar-refractivity contribution in [3.8, 4) is 0 Å². The molecule has 0 aliphatic carbocycles. The second-order valence-electron chi connectivity index (χ2n) is 4.18. The number of alkyl halides is 3. The number of nitrogens with one attached hydrogen (secondary N) is 1. The minimum atomic E-state index is -4.50. The molecule has 5 heteroatoms. The monoisotopic (exact) mass is 263 g/mol. The third-order valence-corrected chi connectivity index (χ3v) is 2.64. The summed E-state index contributed by atoms with van der Waals surface area (Å²) in [6, 6.07) is 2.55. The van der Waals surface area contributed by atoms with Crippen LogP contribution in [-0.2, 0) is 6.18 Å². The zero-order chi connectivity index (χ0) is 13.6. The molecule has 0 atom stereocenters. The van der Waals surface area contributed by atoms with Crippen LogP contribution in [0.25, 0.3) is 0 Å². The molecule has 0 unspecified atom stereocenters. The summed E-state index contributed by atoms with van der Waals surface area (Å²) < 4.78 is 50.3. The quantitative estimate of drug-likeness (QED) is 0.572. The van der Waals surface area contributed by atoms with E-state index in [4.69, 9.17) is 0 Å². The number of rotatable bonds is 6. The molecular formula is C13H17F4N. The first-order valence-corrected chi connectivity index (χ1v) is 6.05. The molecule has 0 spiro atoms. The molecule has 0 saturated heterocycles. The molecule has 0 heterocycles. The average Bonchev–Trinajstić information content (AvgIpc) is 2.29. The summed E-state index contributed by atoms with van der Waals surface area (Å²) in [6.07, 6.45) is -0.369. The largest absolute Gasteiger partial charge is 0.416 e. The number of hydrogen-bond donors (Lipinski definition) is 1. The van der Waals surface area contributed by atoms with Gasteiger partial charge in [-0.3, -0.25) is 0 Å². The lowest BCUT2D eigenvalue weighted by atomic mass is 10.1. The van der Waals surface area contributed by atoms with E-state index in [-0.39, 0.29) is 5.69 Å². The fraction of sp³-hybridized carbons (Fsp3) is 0.538. The van der Waals surface area contributed by atoms with E-state index in [9.17, 15) is 17.6 Å². The van der Waals surface area contributed by atoms with Crippen LogP contribution in [0.1, 0.15) is 38.2 Å². The first-order chi connectivity index (χ1) is 8.45. The van der Waals surface area contributed by atoms with Gasteiger partial charge in [-0.25, -0.2) is 4.39 Å². The SMILES string of the molecule is CCCCCCNc1ccc(C(F)(F)F)cc1F. The van der Waals surface area contributed by atoms with Crippen LogP contribution in [0, 0.1) is 5.82 Å². The maximum Gasteiger partial charge on any atom is 0.416 e. The molecule has 0 aliphatic rings. The van der Waals surface area contributed by atoms with Crippen molar-refractivity contribution in [3.63, 3.8) is 0 Å². The van der Waals surface area contributed by atoms with E-state index in [1.54, 1.807) is 0 Å². The summed E-state index contributed by atoms with van der Waals surface area (Å²) in [6.45, 7) is 2.66. The molecule has 0 bridgehead atoms. The van der Waals surface area contributed by atoms with Gasteiger partial charge in [-0.15, -0.1) is 0 Å². The van der Waals surface area contributed by atoms with Crippen molar-refractivity contribution < 1.29 is 17.6 Å². The van der Waals surface area contributed by atoms with Crippen LogP contribution in [0.5, 0.6) is 0 Å². The van der Waals surface area contributed by atoms with Gasteiger partial charge in [0.2, 0.25) is 0 Å². The summed E-state index contributed by atoms with van der Waals surface area (Å²) in [4.78, 5) is 0. The van der Waals surface area contributed by atoms with E-state index in [1.807, 2.05) is 0 Å². The molecule has 1 nitrogen and oxygen atoms in total. The third kappa shape index (κ3) is 4.55. The number of benzene rings is 1. The van der Waals surface area contributed by atoms with E-state index in [2.05, 4.69) is 12.2 Å². The Balaban J connectivity index is 2.53. The molecule has 1 N–H and O–H groups in total. The Morgan fingerprint density at radius 1 is 1.11 bits per heavy atom. The van der Waals surface area contributed by atoms with Gasteiger partial charge in [0.05, 0.1) is 11.3 Å². The van der Waals surface area contributed by atoms with Crippen LogP contribution in [0.3, 0.4) is 0 Å². The number of halogens is 4. The molecule has 0 aliphatic heterocycles. The van der Waals surface area contributed by atoms with Crippen molar-refractivity contribution in [2.75, 3.05) is 11.9 Å². The molecule has 102 valence electrons. The second kappa shape index (κ2) is 6.61. The lowest BCUT2D eigenvalue weighted by Gasteiger charge is -2.10. The van der Waals surface area contributed by atoms with Crippen LogP contribution in [-0.4, -0.2) is 6.54 Å². The molecule has 1 aromatic rings. The van der Waals surface area contributed by atoms with E-state index in [0.717, 1.165) is 37.8 Å². The molecular weight excluding hydrogens is 246 g/mol. The molecule has 0 saturated carbocycles. The van der Waals surface area contributed by atoms with Crippen molar-refractivity contribution in [1.29, 1.82) is 0 Å². The number of anilines is 1. The Morgan fingerprint density at radius 2 is 1.83 bits per heavy atom. The van der Waals surface area contributed by atoms with Gasteiger partial charge >= 0.3 is 6.18 Å². The highest BCUT2D eigenvalue weighted by molar-refractivity contribution is 5.46. The van der Waals surface area contributed by atoms with Gasteiger partial charge in [-0.05, 0) is 24.6 Å². The number of hydrogen-bond acceptors (Lipinski definition) is 1. The Hall–Kier alpha value is -1.26. The van der Waals surface area contributed by atoms with Crippen molar-refractivity contribution in [2.24, 2.45) is 0 Å². The van der Waals surface area contributed by atoms with E-state index in [1.165, 1.54) is 0 Å². The molecule has 1 aromatic carbocycles. The minimum absolute atomic E-state index is 0.125. The Bertz CT molecular complexity index is 374. The molecule has 0 fully saturated rings. The van der Waals surface area contributed by atoms with Gasteiger partial charge in [0, 0.05) is 6.54 Å². The number of unbranched alkanes of at least 4 members (excludes halogenated alkanes) is 3. The second-order valence-corrected chi connectivity index (χ2v) is 4.18. The normalized spacial score (nSPS) is 11.6. The van der Waals surface area contributed by atoms with Gasteiger partial charge < -0.3 is 5.32 Å². The van der Waals surface area contributed by atoms with Gasteiger partial charge in [0.15, 0.2) is 0 Å². The van der Waals surface area contributed by atoms with Crippen LogP contribution in [0.2, 0.25) is 0 Å². The van der Waals surface area contributed by atoms with Gasteiger partial charge in [-0.2, -0.15) is 13.2 Å². The maximum atomic E-state index is 13.4. The Morgan fingerprint density at radius 3 is 2.39 bits per heavy atom. The Kier molecular flexibility index (Phi) is 5.44. The fourth-order valence-electron chi connectivity index (χ4n) is 1.61. The van der Waals surface area contributed by atoms with Crippen LogP contribution < -0.4 is 5.32 Å². The summed E-state index contributed by atoms with van der Waals surface area (Å²) in [5, 5.41) is 2.81. The molecule has 18 heavy (non-hydrogen) atoms. The smallest absolute Gasteiger partial charge is 0.383 e. The van der Waals surface area contributed by atoms with Crippen molar-refractivity contribution in [2.45, 2.75) is 38.8 Å². The van der Waals surface area contributed by atoms with Gasteiger partial charge in [-0.1, -0.05) is 26.2 Å². The summed E-state index contributed by atoms with van der Waals surface area (Å²) in [5.41, 5.74) is -0.837. The highest BCUT2D eigenvalue weighted by Crippen LogP contribution is 2.31. The van der Waals surface area contributed by atoms with Crippen molar-refractivity contribution >= 4 is 5.69 Å². The maximum absolute atomic E-state index is 13.4. The van der Waals surface area contributed by atoms with Crippen molar-refractivity contribution in [3.05, 3.63) is 29.6 Å². The van der Waals surface area contributed by atoms with Crippen molar-refractivity contribution in [1.82, 2.24) is 0 Å². The third-order valence-electron chi connectivity index (χ3n) is 2.64. The van der Waals surface area contributed by atoms with Crippen LogP contribution in [0.4, 0.5) is 23.2 Å². The lowest BCUT2D eigenvalue weighted by Crippen LogP contribution is -2.08.